The van der Waals surface area contributed by atoms with Gasteiger partial charge in [0.25, 0.3) is 0 Å². The first-order valence-electron chi connectivity index (χ1n) is 6.49. The van der Waals surface area contributed by atoms with Crippen LogP contribution in [-0.4, -0.2) is 6.10 Å². The van der Waals surface area contributed by atoms with Gasteiger partial charge in [0.1, 0.15) is 5.75 Å². The van der Waals surface area contributed by atoms with Crippen molar-refractivity contribution < 1.29 is 4.74 Å². The zero-order valence-electron chi connectivity index (χ0n) is 11.5. The number of benzene rings is 2. The van der Waals surface area contributed by atoms with E-state index in [-0.39, 0.29) is 6.10 Å². The van der Waals surface area contributed by atoms with Gasteiger partial charge in [-0.15, -0.1) is 0 Å². The molecule has 0 saturated heterocycles. The van der Waals surface area contributed by atoms with Gasteiger partial charge in [-0.05, 0) is 43.7 Å². The van der Waals surface area contributed by atoms with E-state index in [1.54, 1.807) is 0 Å². The lowest BCUT2D eigenvalue weighted by Gasteiger charge is -2.13. The summed E-state index contributed by atoms with van der Waals surface area (Å²) in [7, 11) is 0. The Morgan fingerprint density at radius 1 is 1.05 bits per heavy atom. The molecule has 2 aromatic rings. The predicted octanol–water partition coefficient (Wildman–Crippen LogP) is 5.39. The quantitative estimate of drug-likeness (QED) is 0.799. The highest BCUT2D eigenvalue weighted by molar-refractivity contribution is 6.32. The average molecular weight is 310 g/mol. The molecule has 0 radical (unpaired) electrons. The molecular weight excluding hydrogens is 293 g/mol. The van der Waals surface area contributed by atoms with Crippen molar-refractivity contribution in [1.29, 1.82) is 0 Å². The maximum atomic E-state index is 6.20. The normalized spacial score (nSPS) is 10.7. The van der Waals surface area contributed by atoms with E-state index < -0.39 is 0 Å². The Morgan fingerprint density at radius 2 is 1.80 bits per heavy atom. The Kier molecular flexibility index (Phi) is 5.16. The molecule has 0 heterocycles. The van der Waals surface area contributed by atoms with Crippen molar-refractivity contribution in [2.24, 2.45) is 0 Å². The summed E-state index contributed by atoms with van der Waals surface area (Å²) in [6.07, 6.45) is 0.106. The fourth-order valence-corrected chi connectivity index (χ4v) is 2.23. The van der Waals surface area contributed by atoms with E-state index in [9.17, 15) is 0 Å². The monoisotopic (exact) mass is 309 g/mol. The highest BCUT2D eigenvalue weighted by Crippen LogP contribution is 2.29. The minimum Gasteiger partial charge on any atom is -0.489 e. The van der Waals surface area contributed by atoms with Gasteiger partial charge in [-0.1, -0.05) is 41.4 Å². The van der Waals surface area contributed by atoms with E-state index in [2.05, 4.69) is 5.32 Å². The van der Waals surface area contributed by atoms with Gasteiger partial charge in [-0.3, -0.25) is 0 Å². The summed E-state index contributed by atoms with van der Waals surface area (Å²) in [5.74, 6) is 0.699. The summed E-state index contributed by atoms with van der Waals surface area (Å²) in [6.45, 7) is 4.60. The van der Waals surface area contributed by atoms with E-state index in [1.165, 1.54) is 0 Å². The van der Waals surface area contributed by atoms with Gasteiger partial charge in [0.05, 0.1) is 11.1 Å². The molecule has 2 aromatic carbocycles. The summed E-state index contributed by atoms with van der Waals surface area (Å²) in [5, 5.41) is 4.65. The van der Waals surface area contributed by atoms with Crippen LogP contribution in [0.25, 0.3) is 0 Å². The van der Waals surface area contributed by atoms with Crippen LogP contribution in [0, 0.1) is 0 Å². The second-order valence-corrected chi connectivity index (χ2v) is 5.57. The van der Waals surface area contributed by atoms with E-state index in [4.69, 9.17) is 27.9 Å². The van der Waals surface area contributed by atoms with Crippen LogP contribution in [0.5, 0.6) is 5.75 Å². The minimum atomic E-state index is 0.106. The standard InChI is InChI=1S/C16H17Cl2NO/c1-11(2)20-16-8-7-13(9-15(16)18)19-10-12-5-3-4-6-14(12)17/h3-9,11,19H,10H2,1-2H3. The van der Waals surface area contributed by atoms with Crippen LogP contribution in [0.4, 0.5) is 5.69 Å². The van der Waals surface area contributed by atoms with Crippen molar-refractivity contribution in [3.05, 3.63) is 58.1 Å². The Labute approximate surface area is 129 Å². The van der Waals surface area contributed by atoms with Crippen LogP contribution < -0.4 is 10.1 Å². The number of hydrogen-bond donors (Lipinski definition) is 1. The molecule has 2 rings (SSSR count). The number of ether oxygens (including phenoxy) is 1. The average Bonchev–Trinajstić information content (AvgIpc) is 2.40. The molecule has 2 nitrogen and oxygen atoms in total. The first-order valence-corrected chi connectivity index (χ1v) is 7.25. The first-order chi connectivity index (χ1) is 9.56. The van der Waals surface area contributed by atoms with Crippen molar-refractivity contribution in [2.75, 3.05) is 5.32 Å². The third kappa shape index (κ3) is 4.06. The number of rotatable bonds is 5. The van der Waals surface area contributed by atoms with E-state index in [0.717, 1.165) is 16.3 Å². The van der Waals surface area contributed by atoms with Crippen LogP contribution in [0.15, 0.2) is 42.5 Å². The molecule has 0 spiro atoms. The van der Waals surface area contributed by atoms with E-state index >= 15 is 0 Å². The maximum Gasteiger partial charge on any atom is 0.138 e. The zero-order chi connectivity index (χ0) is 14.5. The summed E-state index contributed by atoms with van der Waals surface area (Å²) >= 11 is 12.3. The van der Waals surface area contributed by atoms with Crippen molar-refractivity contribution in [3.63, 3.8) is 0 Å². The van der Waals surface area contributed by atoms with Gasteiger partial charge >= 0.3 is 0 Å². The second-order valence-electron chi connectivity index (χ2n) is 4.76. The topological polar surface area (TPSA) is 21.3 Å². The molecule has 0 amide bonds. The zero-order valence-corrected chi connectivity index (χ0v) is 13.0. The molecule has 1 N–H and O–H groups in total. The highest BCUT2D eigenvalue weighted by Gasteiger charge is 2.05. The largest absolute Gasteiger partial charge is 0.489 e. The molecule has 0 aliphatic rings. The summed E-state index contributed by atoms with van der Waals surface area (Å²) in [6, 6.07) is 13.4. The predicted molar refractivity (Wildman–Crippen MR) is 86.0 cm³/mol. The summed E-state index contributed by atoms with van der Waals surface area (Å²) < 4.78 is 5.60. The van der Waals surface area contributed by atoms with E-state index in [1.807, 2.05) is 56.3 Å². The van der Waals surface area contributed by atoms with Crippen LogP contribution >= 0.6 is 23.2 Å². The minimum absolute atomic E-state index is 0.106. The molecule has 0 aliphatic carbocycles. The van der Waals surface area contributed by atoms with Gasteiger partial charge in [0.15, 0.2) is 0 Å². The first kappa shape index (κ1) is 15.0. The summed E-state index contributed by atoms with van der Waals surface area (Å²) in [5.41, 5.74) is 1.99. The number of nitrogens with one attached hydrogen (secondary N) is 1. The van der Waals surface area contributed by atoms with Crippen LogP contribution in [-0.2, 0) is 6.54 Å². The molecular formula is C16H17Cl2NO. The molecule has 0 bridgehead atoms. The Balaban J connectivity index is 2.04. The van der Waals surface area contributed by atoms with Gasteiger partial charge in [-0.2, -0.15) is 0 Å². The fourth-order valence-electron chi connectivity index (χ4n) is 1.80. The Morgan fingerprint density at radius 3 is 2.45 bits per heavy atom. The SMILES string of the molecule is CC(C)Oc1ccc(NCc2ccccc2Cl)cc1Cl. The Hall–Kier alpha value is -1.38. The maximum absolute atomic E-state index is 6.20. The molecule has 20 heavy (non-hydrogen) atoms. The van der Waals surface area contributed by atoms with Crippen molar-refractivity contribution >= 4 is 28.9 Å². The molecule has 0 aliphatic heterocycles. The van der Waals surface area contributed by atoms with E-state index in [0.29, 0.717) is 17.3 Å². The number of halogens is 2. The lowest BCUT2D eigenvalue weighted by Crippen LogP contribution is -2.06. The van der Waals surface area contributed by atoms with Crippen LogP contribution in [0.3, 0.4) is 0 Å². The van der Waals surface area contributed by atoms with Gasteiger partial charge < -0.3 is 10.1 Å². The molecule has 106 valence electrons. The highest BCUT2D eigenvalue weighted by atomic mass is 35.5. The molecule has 4 heteroatoms. The van der Waals surface area contributed by atoms with Crippen LogP contribution in [0.1, 0.15) is 19.4 Å². The smallest absolute Gasteiger partial charge is 0.138 e. The molecule has 0 aromatic heterocycles. The van der Waals surface area contributed by atoms with Gasteiger partial charge in [0, 0.05) is 17.3 Å². The lowest BCUT2D eigenvalue weighted by molar-refractivity contribution is 0.242. The van der Waals surface area contributed by atoms with Crippen molar-refractivity contribution in [1.82, 2.24) is 0 Å². The third-order valence-corrected chi connectivity index (χ3v) is 3.40. The molecule has 0 unspecified atom stereocenters. The Bertz CT molecular complexity index is 584. The van der Waals surface area contributed by atoms with Crippen molar-refractivity contribution in [3.8, 4) is 5.75 Å². The van der Waals surface area contributed by atoms with Gasteiger partial charge in [-0.25, -0.2) is 0 Å². The molecule has 0 fully saturated rings. The molecule has 0 saturated carbocycles. The van der Waals surface area contributed by atoms with Gasteiger partial charge in [0.2, 0.25) is 0 Å². The summed E-state index contributed by atoms with van der Waals surface area (Å²) in [4.78, 5) is 0. The number of anilines is 1. The molecule has 0 atom stereocenters. The third-order valence-electron chi connectivity index (χ3n) is 2.74. The van der Waals surface area contributed by atoms with Crippen LogP contribution in [0.2, 0.25) is 10.0 Å². The van der Waals surface area contributed by atoms with Crippen molar-refractivity contribution in [2.45, 2.75) is 26.5 Å². The fraction of sp³-hybridized carbons (Fsp3) is 0.250. The second kappa shape index (κ2) is 6.87. The lowest BCUT2D eigenvalue weighted by atomic mass is 10.2. The number of hydrogen-bond acceptors (Lipinski definition) is 2.